The van der Waals surface area contributed by atoms with E-state index in [-0.39, 0.29) is 0 Å². The first-order valence-corrected chi connectivity index (χ1v) is 4.99. The minimum atomic E-state index is 0.800. The molecule has 0 aliphatic carbocycles. The van der Waals surface area contributed by atoms with E-state index in [9.17, 15) is 4.48 Å². The summed E-state index contributed by atoms with van der Waals surface area (Å²) in [6.45, 7) is 6.00. The van der Waals surface area contributed by atoms with Crippen molar-refractivity contribution in [2.75, 3.05) is 4.72 Å². The molecule has 13 heavy (non-hydrogen) atoms. The summed E-state index contributed by atoms with van der Waals surface area (Å²) in [5.74, 6) is 0. The predicted octanol–water partition coefficient (Wildman–Crippen LogP) is 3.47. The van der Waals surface area contributed by atoms with Crippen molar-refractivity contribution in [3.05, 3.63) is 29.8 Å². The fourth-order valence-electron chi connectivity index (χ4n) is 0.700. The fraction of sp³-hybridized carbons (Fsp3) is 0.333. The molecule has 0 saturated heterocycles. The van der Waals surface area contributed by atoms with Gasteiger partial charge in [-0.2, -0.15) is 0 Å². The molecule has 0 unspecified atom stereocenters. The Labute approximate surface area is 83.1 Å². The number of halogens is 1. The highest BCUT2D eigenvalue weighted by Gasteiger charge is 1.89. The highest BCUT2D eigenvalue weighted by molar-refractivity contribution is 7.98. The molecule has 0 heterocycles. The van der Waals surface area contributed by atoms with Gasteiger partial charge < -0.3 is 4.72 Å². The minimum Gasteiger partial charge on any atom is -0.315 e. The first kappa shape index (κ1) is 12.3. The van der Waals surface area contributed by atoms with E-state index in [0.29, 0.717) is 0 Å². The van der Waals surface area contributed by atoms with E-state index in [0.717, 1.165) is 17.8 Å². The molecule has 0 aliphatic heterocycles. The summed E-state index contributed by atoms with van der Waals surface area (Å²) >= 11 is 0.800. The van der Waals surface area contributed by atoms with Crippen molar-refractivity contribution >= 4 is 17.8 Å². The van der Waals surface area contributed by atoms with Gasteiger partial charge in [-0.05, 0) is 19.1 Å². The lowest BCUT2D eigenvalue weighted by Crippen LogP contribution is -1.93. The number of nitrogens with one attached hydrogen (secondary N) is 2. The zero-order chi connectivity index (χ0) is 10.1. The summed E-state index contributed by atoms with van der Waals surface area (Å²) in [6.07, 6.45) is 0. The maximum atomic E-state index is 11.4. The molecule has 2 nitrogen and oxygen atoms in total. The Morgan fingerprint density at radius 1 is 1.15 bits per heavy atom. The van der Waals surface area contributed by atoms with E-state index < -0.39 is 0 Å². The van der Waals surface area contributed by atoms with Crippen molar-refractivity contribution in [3.63, 3.8) is 0 Å². The van der Waals surface area contributed by atoms with Gasteiger partial charge in [0.05, 0.1) is 12.1 Å². The zero-order valence-corrected chi connectivity index (χ0v) is 8.91. The number of rotatable bonds is 3. The van der Waals surface area contributed by atoms with Gasteiger partial charge in [-0.15, -0.1) is 4.48 Å². The Balaban J connectivity index is 0.000000671. The van der Waals surface area contributed by atoms with E-state index in [1.807, 2.05) is 45.0 Å². The largest absolute Gasteiger partial charge is 0.315 e. The highest BCUT2D eigenvalue weighted by atomic mass is 32.2. The van der Waals surface area contributed by atoms with Gasteiger partial charge >= 0.3 is 0 Å². The van der Waals surface area contributed by atoms with Crippen molar-refractivity contribution in [2.24, 2.45) is 0 Å². The monoisotopic (exact) mass is 202 g/mol. The number of hydrogen-bond acceptors (Lipinski definition) is 3. The summed E-state index contributed by atoms with van der Waals surface area (Å²) in [5, 5.41) is 0. The van der Waals surface area contributed by atoms with Gasteiger partial charge in [-0.1, -0.05) is 36.5 Å². The van der Waals surface area contributed by atoms with Crippen LogP contribution in [-0.2, 0) is 0 Å². The van der Waals surface area contributed by atoms with Gasteiger partial charge in [0.2, 0.25) is 0 Å². The van der Waals surface area contributed by atoms with Crippen molar-refractivity contribution in [1.29, 1.82) is 0 Å². The molecule has 74 valence electrons. The molecule has 1 rings (SSSR count). The number of anilines is 1. The summed E-state index contributed by atoms with van der Waals surface area (Å²) in [7, 11) is 0. The van der Waals surface area contributed by atoms with E-state index in [2.05, 4.69) is 4.72 Å². The van der Waals surface area contributed by atoms with Gasteiger partial charge in [0.25, 0.3) is 0 Å². The smallest absolute Gasteiger partial charge is 0.0651 e. The number of benzene rings is 1. The van der Waals surface area contributed by atoms with Gasteiger partial charge in [0.15, 0.2) is 0 Å². The number of hydrogen-bond donors (Lipinski definition) is 2. The van der Waals surface area contributed by atoms with Crippen molar-refractivity contribution in [2.45, 2.75) is 20.8 Å². The highest BCUT2D eigenvalue weighted by Crippen LogP contribution is 2.11. The minimum absolute atomic E-state index is 0.800. The first-order chi connectivity index (χ1) is 6.33. The molecule has 0 amide bonds. The molecule has 0 aliphatic rings. The molecular formula is C9H15FN2S. The van der Waals surface area contributed by atoms with E-state index in [1.54, 1.807) is 0 Å². The third kappa shape index (κ3) is 5.49. The SMILES string of the molecule is CC.Cc1ccc(NSNF)cc1. The average Bonchev–Trinajstić information content (AvgIpc) is 2.20. The topological polar surface area (TPSA) is 24.1 Å². The molecule has 1 aromatic carbocycles. The van der Waals surface area contributed by atoms with Gasteiger partial charge in [-0.3, -0.25) is 0 Å². The van der Waals surface area contributed by atoms with Crippen molar-refractivity contribution < 1.29 is 4.48 Å². The second-order valence-corrected chi connectivity index (χ2v) is 2.71. The number of aryl methyl sites for hydroxylation is 1. The quantitative estimate of drug-likeness (QED) is 0.579. The van der Waals surface area contributed by atoms with E-state index in [1.165, 1.54) is 10.5 Å². The predicted molar refractivity (Wildman–Crippen MR) is 58.0 cm³/mol. The van der Waals surface area contributed by atoms with Crippen molar-refractivity contribution in [3.8, 4) is 0 Å². The summed E-state index contributed by atoms with van der Waals surface area (Å²) < 4.78 is 14.2. The van der Waals surface area contributed by atoms with Crippen LogP contribution in [0.4, 0.5) is 10.2 Å². The Morgan fingerprint density at radius 3 is 2.15 bits per heavy atom. The van der Waals surface area contributed by atoms with Crippen LogP contribution in [0.2, 0.25) is 0 Å². The molecule has 0 spiro atoms. The third-order valence-corrected chi connectivity index (χ3v) is 1.67. The zero-order valence-electron chi connectivity index (χ0n) is 8.10. The first-order valence-electron chi connectivity index (χ1n) is 4.17. The summed E-state index contributed by atoms with van der Waals surface area (Å²) in [6, 6.07) is 7.70. The second-order valence-electron chi connectivity index (χ2n) is 2.15. The van der Waals surface area contributed by atoms with Crippen LogP contribution in [0.25, 0.3) is 0 Å². The maximum absolute atomic E-state index is 11.4. The summed E-state index contributed by atoms with van der Waals surface area (Å²) in [4.78, 5) is 1.44. The summed E-state index contributed by atoms with van der Waals surface area (Å²) in [5.41, 5.74) is 2.07. The fourth-order valence-corrected chi connectivity index (χ4v) is 0.992. The Kier molecular flexibility index (Phi) is 7.44. The van der Waals surface area contributed by atoms with E-state index in [4.69, 9.17) is 0 Å². The molecule has 0 fully saturated rings. The van der Waals surface area contributed by atoms with Crippen LogP contribution in [0.3, 0.4) is 0 Å². The average molecular weight is 202 g/mol. The Bertz CT molecular complexity index is 213. The van der Waals surface area contributed by atoms with Crippen LogP contribution in [0.15, 0.2) is 24.3 Å². The van der Waals surface area contributed by atoms with Crippen LogP contribution in [0.1, 0.15) is 19.4 Å². The van der Waals surface area contributed by atoms with Crippen LogP contribution in [0.5, 0.6) is 0 Å². The molecule has 0 atom stereocenters. The van der Waals surface area contributed by atoms with Gasteiger partial charge in [-0.25, -0.2) is 0 Å². The van der Waals surface area contributed by atoms with Crippen LogP contribution in [0, 0.1) is 6.92 Å². The van der Waals surface area contributed by atoms with Gasteiger partial charge in [0.1, 0.15) is 0 Å². The molecular weight excluding hydrogens is 187 g/mol. The normalized spacial score (nSPS) is 8.62. The molecule has 0 saturated carbocycles. The Morgan fingerprint density at radius 2 is 1.69 bits per heavy atom. The van der Waals surface area contributed by atoms with Crippen molar-refractivity contribution in [1.82, 2.24) is 4.94 Å². The van der Waals surface area contributed by atoms with Crippen LogP contribution >= 0.6 is 12.1 Å². The van der Waals surface area contributed by atoms with E-state index >= 15 is 0 Å². The lowest BCUT2D eigenvalue weighted by Gasteiger charge is -2.01. The van der Waals surface area contributed by atoms with Crippen LogP contribution < -0.4 is 9.67 Å². The molecule has 2 N–H and O–H groups in total. The molecule has 1 aromatic rings. The third-order valence-electron chi connectivity index (χ3n) is 1.26. The standard InChI is InChI=1S/C7H9FN2S.C2H6/c1-6-2-4-7(5-3-6)9-11-10-8;1-2/h2-5,9-10H,1H3;1-2H3. The second kappa shape index (κ2) is 7.89. The molecule has 4 heteroatoms. The van der Waals surface area contributed by atoms with Gasteiger partial charge in [0, 0.05) is 5.69 Å². The lowest BCUT2D eigenvalue weighted by atomic mass is 10.2. The molecule has 0 aromatic heterocycles. The molecule has 0 bridgehead atoms. The maximum Gasteiger partial charge on any atom is 0.0651 e. The lowest BCUT2D eigenvalue weighted by molar-refractivity contribution is 0.466. The van der Waals surface area contributed by atoms with Crippen LogP contribution in [-0.4, -0.2) is 0 Å². The molecule has 0 radical (unpaired) electrons. The Hall–Kier alpha value is -0.740.